The van der Waals surface area contributed by atoms with Gasteiger partial charge in [0, 0.05) is 6.42 Å². The normalized spacial score (nSPS) is 10.5. The van der Waals surface area contributed by atoms with E-state index < -0.39 is 15.6 Å². The number of Topliss-reactive ketones (excluding diaryl/α,β-unsaturated/α-hetero) is 1. The van der Waals surface area contributed by atoms with Crippen molar-refractivity contribution in [1.29, 1.82) is 0 Å². The highest BCUT2D eigenvalue weighted by atomic mass is 32.2. The minimum Gasteiger partial charge on any atom is -0.361 e. The third kappa shape index (κ3) is 3.42. The second-order valence-electron chi connectivity index (χ2n) is 3.09. The smallest absolute Gasteiger partial charge is 0.323 e. The van der Waals surface area contributed by atoms with Crippen LogP contribution in [0.15, 0.2) is 35.2 Å². The zero-order valence-corrected chi connectivity index (χ0v) is 9.22. The molecule has 0 bridgehead atoms. The van der Waals surface area contributed by atoms with Gasteiger partial charge in [0.25, 0.3) is 0 Å². The van der Waals surface area contributed by atoms with Crippen molar-refractivity contribution in [2.45, 2.75) is 11.3 Å². The van der Waals surface area contributed by atoms with Crippen LogP contribution in [0.5, 0.6) is 0 Å². The van der Waals surface area contributed by atoms with Gasteiger partial charge in [-0.1, -0.05) is 18.2 Å². The maximum Gasteiger partial charge on any atom is 0.323 e. The summed E-state index contributed by atoms with van der Waals surface area (Å²) in [5.74, 6) is -0.816. The van der Waals surface area contributed by atoms with Gasteiger partial charge in [0.05, 0.1) is 10.6 Å². The second kappa shape index (κ2) is 5.34. The van der Waals surface area contributed by atoms with E-state index in [1.54, 1.807) is 18.2 Å². The largest absolute Gasteiger partial charge is 0.361 e. The van der Waals surface area contributed by atoms with Gasteiger partial charge < -0.3 is 5.53 Å². The SMILES string of the molecule is [N-]=[N+]=CC(=O)CCS(=O)(=O)c1ccccc1. The van der Waals surface area contributed by atoms with Crippen molar-refractivity contribution in [1.82, 2.24) is 0 Å². The Morgan fingerprint density at radius 1 is 1.31 bits per heavy atom. The van der Waals surface area contributed by atoms with Gasteiger partial charge >= 0.3 is 6.21 Å². The first-order valence-corrected chi connectivity index (χ1v) is 6.19. The quantitative estimate of drug-likeness (QED) is 0.430. The Kier molecular flexibility index (Phi) is 4.10. The second-order valence-corrected chi connectivity index (χ2v) is 5.20. The first-order valence-electron chi connectivity index (χ1n) is 4.54. The minimum absolute atomic E-state index is 0.184. The standard InChI is InChI=1S/C10H10N2O3S/c11-12-8-9(13)6-7-16(14,15)10-4-2-1-3-5-10/h1-5,8H,6-7H2. The average molecular weight is 238 g/mol. The van der Waals surface area contributed by atoms with Gasteiger partial charge in [-0.15, -0.1) is 0 Å². The van der Waals surface area contributed by atoms with E-state index in [1.165, 1.54) is 12.1 Å². The summed E-state index contributed by atoms with van der Waals surface area (Å²) in [5.41, 5.74) is 8.08. The Balaban J connectivity index is 2.74. The van der Waals surface area contributed by atoms with Crippen molar-refractivity contribution < 1.29 is 18.0 Å². The number of sulfone groups is 1. The highest BCUT2D eigenvalue weighted by Crippen LogP contribution is 2.10. The summed E-state index contributed by atoms with van der Waals surface area (Å²) in [5, 5.41) is 0. The zero-order chi connectivity index (χ0) is 12.0. The van der Waals surface area contributed by atoms with Gasteiger partial charge in [0.2, 0.25) is 5.78 Å². The highest BCUT2D eigenvalue weighted by molar-refractivity contribution is 7.91. The lowest BCUT2D eigenvalue weighted by atomic mass is 10.3. The molecule has 0 atom stereocenters. The molecule has 0 aliphatic carbocycles. The topological polar surface area (TPSA) is 87.6 Å². The van der Waals surface area contributed by atoms with E-state index in [9.17, 15) is 13.2 Å². The molecule has 0 heterocycles. The van der Waals surface area contributed by atoms with E-state index in [2.05, 4.69) is 4.79 Å². The lowest BCUT2D eigenvalue weighted by molar-refractivity contribution is -0.115. The van der Waals surface area contributed by atoms with E-state index in [0.29, 0.717) is 6.21 Å². The van der Waals surface area contributed by atoms with Gasteiger partial charge in [-0.3, -0.25) is 4.79 Å². The molecule has 1 aromatic rings. The summed E-state index contributed by atoms with van der Waals surface area (Å²) in [4.78, 5) is 13.7. The molecule has 0 radical (unpaired) electrons. The van der Waals surface area contributed by atoms with E-state index in [-0.39, 0.29) is 17.1 Å². The van der Waals surface area contributed by atoms with Gasteiger partial charge in [0.1, 0.15) is 0 Å². The third-order valence-corrected chi connectivity index (χ3v) is 3.65. The van der Waals surface area contributed by atoms with Crippen LogP contribution in [-0.4, -0.2) is 31.0 Å². The fourth-order valence-electron chi connectivity index (χ4n) is 1.11. The average Bonchev–Trinajstić information content (AvgIpc) is 2.28. The molecular weight excluding hydrogens is 228 g/mol. The molecule has 1 aromatic carbocycles. The van der Waals surface area contributed by atoms with Crippen LogP contribution in [0.4, 0.5) is 0 Å². The first-order chi connectivity index (χ1) is 7.56. The van der Waals surface area contributed by atoms with Crippen LogP contribution >= 0.6 is 0 Å². The number of ketones is 1. The number of rotatable bonds is 5. The predicted octanol–water partition coefficient (Wildman–Crippen LogP) is 0.720. The molecular formula is C10H10N2O3S. The van der Waals surface area contributed by atoms with Crippen LogP contribution in [-0.2, 0) is 14.6 Å². The molecule has 0 aliphatic heterocycles. The molecule has 84 valence electrons. The molecule has 0 unspecified atom stereocenters. The highest BCUT2D eigenvalue weighted by Gasteiger charge is 2.16. The summed E-state index contributed by atoms with van der Waals surface area (Å²) in [7, 11) is -3.44. The lowest BCUT2D eigenvalue weighted by Gasteiger charge is -2.01. The van der Waals surface area contributed by atoms with Crippen molar-refractivity contribution in [3.8, 4) is 0 Å². The van der Waals surface area contributed by atoms with Crippen LogP contribution < -0.4 is 0 Å². The van der Waals surface area contributed by atoms with Crippen LogP contribution in [0, 0.1) is 0 Å². The van der Waals surface area contributed by atoms with E-state index >= 15 is 0 Å². The molecule has 0 aromatic heterocycles. The lowest BCUT2D eigenvalue weighted by Crippen LogP contribution is -2.12. The fourth-order valence-corrected chi connectivity index (χ4v) is 2.39. The van der Waals surface area contributed by atoms with E-state index in [0.717, 1.165) is 0 Å². The van der Waals surface area contributed by atoms with E-state index in [1.807, 2.05) is 0 Å². The molecule has 1 rings (SSSR count). The van der Waals surface area contributed by atoms with Gasteiger partial charge in [0.15, 0.2) is 9.84 Å². The summed E-state index contributed by atoms with van der Waals surface area (Å²) in [6.07, 6.45) is 0.502. The van der Waals surface area contributed by atoms with Crippen molar-refractivity contribution in [2.24, 2.45) is 0 Å². The third-order valence-electron chi connectivity index (χ3n) is 1.92. The first kappa shape index (κ1) is 12.3. The molecule has 5 nitrogen and oxygen atoms in total. The Hall–Kier alpha value is -1.78. The summed E-state index contributed by atoms with van der Waals surface area (Å²) < 4.78 is 23.4. The predicted molar refractivity (Wildman–Crippen MR) is 57.8 cm³/mol. The Bertz CT molecular complexity index is 516. The maximum absolute atomic E-state index is 11.7. The number of benzene rings is 1. The van der Waals surface area contributed by atoms with E-state index in [4.69, 9.17) is 5.53 Å². The van der Waals surface area contributed by atoms with Crippen LogP contribution in [0.2, 0.25) is 0 Å². The summed E-state index contributed by atoms with van der Waals surface area (Å²) in [6, 6.07) is 7.89. The number of hydrogen-bond donors (Lipinski definition) is 0. The maximum atomic E-state index is 11.7. The number of carbonyl (C=O) groups excluding carboxylic acids is 1. The molecule has 6 heteroatoms. The Morgan fingerprint density at radius 3 is 2.50 bits per heavy atom. The number of carbonyl (C=O) groups is 1. The van der Waals surface area contributed by atoms with Crippen molar-refractivity contribution in [3.05, 3.63) is 35.9 Å². The summed E-state index contributed by atoms with van der Waals surface area (Å²) in [6.45, 7) is 0. The molecule has 0 amide bonds. The Morgan fingerprint density at radius 2 is 1.94 bits per heavy atom. The van der Waals surface area contributed by atoms with Crippen LogP contribution in [0.25, 0.3) is 5.53 Å². The molecule has 0 aliphatic rings. The van der Waals surface area contributed by atoms with Gasteiger partial charge in [-0.25, -0.2) is 8.42 Å². The molecule has 0 spiro atoms. The van der Waals surface area contributed by atoms with Crippen LogP contribution in [0.3, 0.4) is 0 Å². The Labute approximate surface area is 93.3 Å². The monoisotopic (exact) mass is 238 g/mol. The zero-order valence-electron chi connectivity index (χ0n) is 8.41. The molecule has 0 saturated heterocycles. The number of hydrogen-bond acceptors (Lipinski definition) is 3. The molecule has 16 heavy (non-hydrogen) atoms. The molecule has 0 saturated carbocycles. The fraction of sp³-hybridized carbons (Fsp3) is 0.200. The van der Waals surface area contributed by atoms with Gasteiger partial charge in [-0.2, -0.15) is 4.79 Å². The number of nitrogens with zero attached hydrogens (tertiary/aromatic N) is 2. The van der Waals surface area contributed by atoms with Crippen LogP contribution in [0.1, 0.15) is 6.42 Å². The van der Waals surface area contributed by atoms with Crippen molar-refractivity contribution in [3.63, 3.8) is 0 Å². The van der Waals surface area contributed by atoms with Crippen molar-refractivity contribution in [2.75, 3.05) is 5.75 Å². The summed E-state index contributed by atoms with van der Waals surface area (Å²) >= 11 is 0. The van der Waals surface area contributed by atoms with Gasteiger partial charge in [-0.05, 0) is 12.1 Å². The minimum atomic E-state index is -3.44. The van der Waals surface area contributed by atoms with Crippen molar-refractivity contribution >= 4 is 21.8 Å². The molecule has 0 N–H and O–H groups in total. The molecule has 0 fully saturated rings.